The van der Waals surface area contributed by atoms with Crippen LogP contribution in [0.15, 0.2) is 27.8 Å². The summed E-state index contributed by atoms with van der Waals surface area (Å²) < 4.78 is 0.797. The third-order valence-corrected chi connectivity index (χ3v) is 3.47. The summed E-state index contributed by atoms with van der Waals surface area (Å²) >= 11 is 9.25. The normalized spacial score (nSPS) is 12.3. The van der Waals surface area contributed by atoms with Crippen LogP contribution in [0.3, 0.4) is 0 Å². The highest BCUT2D eigenvalue weighted by atomic mass is 79.9. The number of rotatable bonds is 4. The minimum Gasteiger partial charge on any atom is -0.409 e. The summed E-state index contributed by atoms with van der Waals surface area (Å²) in [5, 5.41) is 14.7. The fourth-order valence-corrected chi connectivity index (χ4v) is 2.06. The molecular formula is C12H15BrClN3O2. The summed E-state index contributed by atoms with van der Waals surface area (Å²) in [5.74, 6) is -0.258. The molecule has 0 bridgehead atoms. The van der Waals surface area contributed by atoms with E-state index in [1.807, 2.05) is 0 Å². The highest BCUT2D eigenvalue weighted by Crippen LogP contribution is 2.21. The summed E-state index contributed by atoms with van der Waals surface area (Å²) in [6.07, 6.45) is 0. The van der Waals surface area contributed by atoms with Gasteiger partial charge in [-0.15, -0.1) is 0 Å². The van der Waals surface area contributed by atoms with Gasteiger partial charge in [0.25, 0.3) is 5.91 Å². The van der Waals surface area contributed by atoms with Crippen LogP contribution < -0.4 is 11.1 Å². The number of hydrogen-bond donors (Lipinski definition) is 3. The van der Waals surface area contributed by atoms with Gasteiger partial charge >= 0.3 is 0 Å². The van der Waals surface area contributed by atoms with E-state index >= 15 is 0 Å². The molecule has 0 fully saturated rings. The number of halogens is 2. The lowest BCUT2D eigenvalue weighted by atomic mass is 9.92. The van der Waals surface area contributed by atoms with Crippen LogP contribution >= 0.6 is 27.5 Å². The van der Waals surface area contributed by atoms with Crippen LogP contribution in [0.4, 0.5) is 0 Å². The standard InChI is InChI=1S/C12H15BrClN3O2/c1-12(2,11(15)17-19)6-16-10(18)8-4-3-7(13)5-9(8)14/h3-5,19H,6H2,1-2H3,(H2,15,17)(H,16,18). The van der Waals surface area contributed by atoms with Gasteiger partial charge in [0.2, 0.25) is 0 Å². The molecule has 0 aromatic heterocycles. The lowest BCUT2D eigenvalue weighted by molar-refractivity contribution is 0.0944. The first-order valence-corrected chi connectivity index (χ1v) is 6.66. The first-order chi connectivity index (χ1) is 8.77. The second-order valence-electron chi connectivity index (χ2n) is 4.68. The average molecular weight is 349 g/mol. The Labute approximate surface area is 124 Å². The van der Waals surface area contributed by atoms with Crippen molar-refractivity contribution in [1.29, 1.82) is 0 Å². The predicted octanol–water partition coefficient (Wildman–Crippen LogP) is 2.60. The maximum Gasteiger partial charge on any atom is 0.252 e. The lowest BCUT2D eigenvalue weighted by Crippen LogP contribution is -2.42. The largest absolute Gasteiger partial charge is 0.409 e. The highest BCUT2D eigenvalue weighted by molar-refractivity contribution is 9.10. The molecule has 0 aliphatic heterocycles. The summed E-state index contributed by atoms with van der Waals surface area (Å²) in [4.78, 5) is 12.0. The molecule has 0 spiro atoms. The Morgan fingerprint density at radius 3 is 2.74 bits per heavy atom. The van der Waals surface area contributed by atoms with E-state index < -0.39 is 5.41 Å². The van der Waals surface area contributed by atoms with Gasteiger partial charge in [0.05, 0.1) is 10.6 Å². The number of amidine groups is 1. The van der Waals surface area contributed by atoms with Gasteiger partial charge in [0.1, 0.15) is 5.84 Å². The maximum atomic E-state index is 12.0. The molecule has 0 atom stereocenters. The molecule has 1 aromatic carbocycles. The number of nitrogens with zero attached hydrogens (tertiary/aromatic N) is 1. The SMILES string of the molecule is CC(C)(CNC(=O)c1ccc(Br)cc1Cl)/C(N)=N/O. The number of carbonyl (C=O) groups excluding carboxylic acids is 1. The number of carbonyl (C=O) groups is 1. The smallest absolute Gasteiger partial charge is 0.252 e. The van der Waals surface area contributed by atoms with Crippen molar-refractivity contribution in [2.75, 3.05) is 6.54 Å². The van der Waals surface area contributed by atoms with Crippen LogP contribution in [0.1, 0.15) is 24.2 Å². The van der Waals surface area contributed by atoms with Crippen molar-refractivity contribution < 1.29 is 10.0 Å². The van der Waals surface area contributed by atoms with Crippen LogP contribution in [0.5, 0.6) is 0 Å². The lowest BCUT2D eigenvalue weighted by Gasteiger charge is -2.23. The first kappa shape index (κ1) is 15.8. The molecule has 19 heavy (non-hydrogen) atoms. The molecular weight excluding hydrogens is 334 g/mol. The Hall–Kier alpha value is -1.27. The zero-order chi connectivity index (χ0) is 14.6. The molecule has 1 rings (SSSR count). The van der Waals surface area contributed by atoms with Gasteiger partial charge in [-0.05, 0) is 18.2 Å². The molecule has 0 aliphatic rings. The molecule has 7 heteroatoms. The van der Waals surface area contributed by atoms with E-state index in [2.05, 4.69) is 26.4 Å². The molecule has 0 saturated carbocycles. The van der Waals surface area contributed by atoms with Crippen molar-refractivity contribution in [3.8, 4) is 0 Å². The second kappa shape index (κ2) is 6.25. The van der Waals surface area contributed by atoms with E-state index in [1.165, 1.54) is 0 Å². The summed E-state index contributed by atoms with van der Waals surface area (Å²) in [7, 11) is 0. The van der Waals surface area contributed by atoms with Crippen LogP contribution in [0.25, 0.3) is 0 Å². The highest BCUT2D eigenvalue weighted by Gasteiger charge is 2.24. The van der Waals surface area contributed by atoms with Crippen LogP contribution in [-0.4, -0.2) is 23.5 Å². The molecule has 1 amide bonds. The number of oxime groups is 1. The summed E-state index contributed by atoms with van der Waals surface area (Å²) in [6.45, 7) is 3.74. The van der Waals surface area contributed by atoms with Crippen LogP contribution in [0.2, 0.25) is 5.02 Å². The Balaban J connectivity index is 2.76. The van der Waals surface area contributed by atoms with E-state index in [0.717, 1.165) is 4.47 Å². The van der Waals surface area contributed by atoms with E-state index in [0.29, 0.717) is 10.6 Å². The molecule has 104 valence electrons. The van der Waals surface area contributed by atoms with Gasteiger partial charge in [-0.25, -0.2) is 0 Å². The van der Waals surface area contributed by atoms with E-state index in [4.69, 9.17) is 22.5 Å². The van der Waals surface area contributed by atoms with Gasteiger partial charge in [-0.3, -0.25) is 4.79 Å². The Morgan fingerprint density at radius 2 is 2.21 bits per heavy atom. The molecule has 0 saturated heterocycles. The van der Waals surface area contributed by atoms with Crippen molar-refractivity contribution in [3.63, 3.8) is 0 Å². The van der Waals surface area contributed by atoms with E-state index in [-0.39, 0.29) is 18.3 Å². The fourth-order valence-electron chi connectivity index (χ4n) is 1.30. The number of hydrogen-bond acceptors (Lipinski definition) is 3. The van der Waals surface area contributed by atoms with Crippen molar-refractivity contribution >= 4 is 39.3 Å². The predicted molar refractivity (Wildman–Crippen MR) is 78.7 cm³/mol. The third-order valence-electron chi connectivity index (χ3n) is 2.67. The van der Waals surface area contributed by atoms with Gasteiger partial charge < -0.3 is 16.3 Å². The fraction of sp³-hybridized carbons (Fsp3) is 0.333. The Kier molecular flexibility index (Phi) is 5.20. The molecule has 1 aromatic rings. The van der Waals surface area contributed by atoms with Crippen LogP contribution in [0, 0.1) is 5.41 Å². The maximum absolute atomic E-state index is 12.0. The molecule has 5 nitrogen and oxygen atoms in total. The number of benzene rings is 1. The molecule has 0 aliphatic carbocycles. The van der Waals surface area contributed by atoms with Crippen molar-refractivity contribution in [1.82, 2.24) is 5.32 Å². The summed E-state index contributed by atoms with van der Waals surface area (Å²) in [5.41, 5.74) is 5.27. The van der Waals surface area contributed by atoms with E-state index in [1.54, 1.807) is 32.0 Å². The third kappa shape index (κ3) is 4.11. The topological polar surface area (TPSA) is 87.7 Å². The minimum absolute atomic E-state index is 0.0507. The van der Waals surface area contributed by atoms with Crippen molar-refractivity contribution in [2.24, 2.45) is 16.3 Å². The van der Waals surface area contributed by atoms with Crippen molar-refractivity contribution in [2.45, 2.75) is 13.8 Å². The average Bonchev–Trinajstić information content (AvgIpc) is 2.35. The zero-order valence-electron chi connectivity index (χ0n) is 10.6. The van der Waals surface area contributed by atoms with Crippen LogP contribution in [-0.2, 0) is 0 Å². The van der Waals surface area contributed by atoms with Gasteiger partial charge in [0.15, 0.2) is 0 Å². The number of nitrogens with two attached hydrogens (primary N) is 1. The molecule has 4 N–H and O–H groups in total. The van der Waals surface area contributed by atoms with Gasteiger partial charge in [-0.2, -0.15) is 0 Å². The van der Waals surface area contributed by atoms with Gasteiger partial charge in [-0.1, -0.05) is 46.5 Å². The molecule has 0 heterocycles. The number of amides is 1. The monoisotopic (exact) mass is 347 g/mol. The minimum atomic E-state index is -0.647. The Morgan fingerprint density at radius 1 is 1.58 bits per heavy atom. The zero-order valence-corrected chi connectivity index (χ0v) is 12.9. The molecule has 0 unspecified atom stereocenters. The van der Waals surface area contributed by atoms with Gasteiger partial charge in [0, 0.05) is 16.4 Å². The first-order valence-electron chi connectivity index (χ1n) is 5.49. The van der Waals surface area contributed by atoms with E-state index in [9.17, 15) is 4.79 Å². The van der Waals surface area contributed by atoms with Crippen molar-refractivity contribution in [3.05, 3.63) is 33.3 Å². The summed E-state index contributed by atoms with van der Waals surface area (Å²) in [6, 6.07) is 5.00. The molecule has 0 radical (unpaired) electrons. The second-order valence-corrected chi connectivity index (χ2v) is 6.00. The Bertz CT molecular complexity index is 518. The quantitative estimate of drug-likeness (QED) is 0.338. The number of nitrogens with one attached hydrogen (secondary N) is 1.